The predicted molar refractivity (Wildman–Crippen MR) is 137 cm³/mol. The molecule has 0 saturated heterocycles. The molecule has 1 aromatic heterocycles. The van der Waals surface area contributed by atoms with E-state index in [1.54, 1.807) is 24.3 Å². The number of benzene rings is 3. The standard InChI is InChI=1S/C26H23ClFN3O2S/c1-3-16-8-7-9-17(4-2)24(16)30-23(32)15-34-26-29-22-11-6-5-10-19(22)25(33)31(26)18-12-13-21(28)20(27)14-18/h5-14H,3-4,15H2,1-2H3,(H,30,32). The molecule has 0 fully saturated rings. The minimum absolute atomic E-state index is 0.0426. The van der Waals surface area contributed by atoms with Crippen LogP contribution in [0.25, 0.3) is 16.6 Å². The number of thioether (sulfide) groups is 1. The molecule has 174 valence electrons. The average molecular weight is 496 g/mol. The molecule has 34 heavy (non-hydrogen) atoms. The van der Waals surface area contributed by atoms with Crippen molar-refractivity contribution in [2.75, 3.05) is 11.1 Å². The first-order valence-electron chi connectivity index (χ1n) is 10.9. The van der Waals surface area contributed by atoms with Gasteiger partial charge >= 0.3 is 0 Å². The van der Waals surface area contributed by atoms with Crippen LogP contribution in [-0.4, -0.2) is 21.2 Å². The fraction of sp³-hybridized carbons (Fsp3) is 0.192. The van der Waals surface area contributed by atoms with Crippen molar-refractivity contribution in [1.29, 1.82) is 0 Å². The van der Waals surface area contributed by atoms with Gasteiger partial charge in [0.25, 0.3) is 5.56 Å². The van der Waals surface area contributed by atoms with Crippen LogP contribution in [-0.2, 0) is 17.6 Å². The zero-order valence-electron chi connectivity index (χ0n) is 18.8. The maximum absolute atomic E-state index is 13.8. The van der Waals surface area contributed by atoms with E-state index in [0.29, 0.717) is 21.7 Å². The highest BCUT2D eigenvalue weighted by Gasteiger charge is 2.17. The van der Waals surface area contributed by atoms with E-state index < -0.39 is 5.82 Å². The molecule has 1 heterocycles. The number of nitrogens with zero attached hydrogens (tertiary/aromatic N) is 2. The summed E-state index contributed by atoms with van der Waals surface area (Å²) < 4.78 is 15.1. The zero-order chi connectivity index (χ0) is 24.2. The number of para-hydroxylation sites is 2. The van der Waals surface area contributed by atoms with E-state index in [2.05, 4.69) is 10.3 Å². The van der Waals surface area contributed by atoms with Gasteiger partial charge in [0.1, 0.15) is 5.82 Å². The number of hydrogen-bond donors (Lipinski definition) is 1. The lowest BCUT2D eigenvalue weighted by Gasteiger charge is -2.16. The van der Waals surface area contributed by atoms with Crippen LogP contribution in [0.1, 0.15) is 25.0 Å². The first kappa shape index (κ1) is 24.0. The van der Waals surface area contributed by atoms with E-state index in [4.69, 9.17) is 11.6 Å². The van der Waals surface area contributed by atoms with Gasteiger partial charge in [0, 0.05) is 5.69 Å². The van der Waals surface area contributed by atoms with Crippen molar-refractivity contribution in [3.8, 4) is 5.69 Å². The van der Waals surface area contributed by atoms with Crippen LogP contribution in [0.2, 0.25) is 5.02 Å². The second-order valence-electron chi connectivity index (χ2n) is 7.65. The Labute approximate surface area is 206 Å². The third-order valence-electron chi connectivity index (χ3n) is 5.50. The number of halogens is 2. The lowest BCUT2D eigenvalue weighted by Crippen LogP contribution is -2.23. The van der Waals surface area contributed by atoms with Crippen LogP contribution in [0.4, 0.5) is 10.1 Å². The maximum atomic E-state index is 13.8. The van der Waals surface area contributed by atoms with Crippen LogP contribution < -0.4 is 10.9 Å². The van der Waals surface area contributed by atoms with Gasteiger partial charge in [-0.25, -0.2) is 9.37 Å². The number of carbonyl (C=O) groups is 1. The molecule has 5 nitrogen and oxygen atoms in total. The molecule has 1 N–H and O–H groups in total. The molecule has 0 radical (unpaired) electrons. The molecule has 4 rings (SSSR count). The van der Waals surface area contributed by atoms with Gasteiger partial charge in [0.2, 0.25) is 5.91 Å². The van der Waals surface area contributed by atoms with Gasteiger partial charge in [-0.15, -0.1) is 0 Å². The Balaban J connectivity index is 1.69. The quantitative estimate of drug-likeness (QED) is 0.251. The fourth-order valence-corrected chi connectivity index (χ4v) is 4.76. The smallest absolute Gasteiger partial charge is 0.266 e. The molecule has 0 bridgehead atoms. The number of carbonyl (C=O) groups excluding carboxylic acids is 1. The molecule has 0 spiro atoms. The number of fused-ring (bicyclic) bond motifs is 1. The summed E-state index contributed by atoms with van der Waals surface area (Å²) in [6, 6.07) is 17.0. The number of hydrogen-bond acceptors (Lipinski definition) is 4. The lowest BCUT2D eigenvalue weighted by atomic mass is 10.0. The lowest BCUT2D eigenvalue weighted by molar-refractivity contribution is -0.113. The van der Waals surface area contributed by atoms with Crippen molar-refractivity contribution in [1.82, 2.24) is 9.55 Å². The summed E-state index contributed by atoms with van der Waals surface area (Å²) in [5.41, 5.74) is 3.55. The number of rotatable bonds is 7. The molecular formula is C26H23ClFN3O2S. The summed E-state index contributed by atoms with van der Waals surface area (Å²) in [6.45, 7) is 4.09. The molecule has 0 saturated carbocycles. The summed E-state index contributed by atoms with van der Waals surface area (Å²) in [5, 5.41) is 3.67. The van der Waals surface area contributed by atoms with E-state index in [9.17, 15) is 14.0 Å². The summed E-state index contributed by atoms with van der Waals surface area (Å²) in [4.78, 5) is 30.8. The zero-order valence-corrected chi connectivity index (χ0v) is 20.3. The highest BCUT2D eigenvalue weighted by Crippen LogP contribution is 2.26. The van der Waals surface area contributed by atoms with Crippen LogP contribution in [0, 0.1) is 5.82 Å². The third-order valence-corrected chi connectivity index (χ3v) is 6.73. The van der Waals surface area contributed by atoms with Gasteiger partial charge in [-0.3, -0.25) is 14.2 Å². The Kier molecular flexibility index (Phi) is 7.34. The van der Waals surface area contributed by atoms with E-state index >= 15 is 0 Å². The van der Waals surface area contributed by atoms with E-state index in [1.165, 1.54) is 22.8 Å². The fourth-order valence-electron chi connectivity index (χ4n) is 3.77. The maximum Gasteiger partial charge on any atom is 0.266 e. The molecule has 0 aliphatic rings. The number of amides is 1. The minimum atomic E-state index is -0.581. The molecule has 4 aromatic rings. The molecule has 0 aliphatic carbocycles. The Hall–Kier alpha value is -3.16. The molecule has 0 atom stereocenters. The van der Waals surface area contributed by atoms with Crippen molar-refractivity contribution in [2.45, 2.75) is 31.8 Å². The number of aromatic nitrogens is 2. The largest absolute Gasteiger partial charge is 0.325 e. The van der Waals surface area contributed by atoms with Gasteiger partial charge in [0.05, 0.1) is 27.4 Å². The molecule has 1 amide bonds. The normalized spacial score (nSPS) is 11.1. The van der Waals surface area contributed by atoms with Gasteiger partial charge in [-0.1, -0.05) is 67.5 Å². The Morgan fingerprint density at radius 1 is 1.06 bits per heavy atom. The molecular weight excluding hydrogens is 473 g/mol. The van der Waals surface area contributed by atoms with Gasteiger partial charge in [0.15, 0.2) is 5.16 Å². The highest BCUT2D eigenvalue weighted by atomic mass is 35.5. The van der Waals surface area contributed by atoms with Crippen molar-refractivity contribution in [3.63, 3.8) is 0 Å². The van der Waals surface area contributed by atoms with E-state index in [-0.39, 0.29) is 22.2 Å². The first-order chi connectivity index (χ1) is 16.4. The van der Waals surface area contributed by atoms with Crippen LogP contribution >= 0.6 is 23.4 Å². The molecule has 8 heteroatoms. The van der Waals surface area contributed by atoms with Gasteiger partial charge in [-0.05, 0) is 54.3 Å². The number of anilines is 1. The van der Waals surface area contributed by atoms with E-state index in [1.807, 2.05) is 32.0 Å². The summed E-state index contributed by atoms with van der Waals surface area (Å²) in [6.07, 6.45) is 1.60. The van der Waals surface area contributed by atoms with Crippen molar-refractivity contribution < 1.29 is 9.18 Å². The highest BCUT2D eigenvalue weighted by molar-refractivity contribution is 7.99. The monoisotopic (exact) mass is 495 g/mol. The summed E-state index contributed by atoms with van der Waals surface area (Å²) >= 11 is 7.12. The van der Waals surface area contributed by atoms with E-state index in [0.717, 1.165) is 41.4 Å². The summed E-state index contributed by atoms with van der Waals surface area (Å²) in [7, 11) is 0. The van der Waals surface area contributed by atoms with Crippen LogP contribution in [0.15, 0.2) is 70.6 Å². The van der Waals surface area contributed by atoms with Crippen molar-refractivity contribution >= 4 is 45.9 Å². The van der Waals surface area contributed by atoms with Crippen molar-refractivity contribution in [2.24, 2.45) is 0 Å². The minimum Gasteiger partial charge on any atom is -0.325 e. The third kappa shape index (κ3) is 4.86. The average Bonchev–Trinajstić information content (AvgIpc) is 2.85. The summed E-state index contributed by atoms with van der Waals surface area (Å²) in [5.74, 6) is -0.741. The second kappa shape index (κ2) is 10.4. The SMILES string of the molecule is CCc1cccc(CC)c1NC(=O)CSc1nc2ccccc2c(=O)n1-c1ccc(F)c(Cl)c1. The first-order valence-corrected chi connectivity index (χ1v) is 12.3. The Morgan fingerprint density at radius 3 is 2.44 bits per heavy atom. The molecule has 0 aliphatic heterocycles. The van der Waals surface area contributed by atoms with Gasteiger partial charge in [-0.2, -0.15) is 0 Å². The van der Waals surface area contributed by atoms with Crippen molar-refractivity contribution in [3.05, 3.63) is 93.0 Å². The second-order valence-corrected chi connectivity index (χ2v) is 9.00. The van der Waals surface area contributed by atoms with Crippen LogP contribution in [0.3, 0.4) is 0 Å². The Bertz CT molecular complexity index is 1420. The predicted octanol–water partition coefficient (Wildman–Crippen LogP) is 6.03. The topological polar surface area (TPSA) is 64.0 Å². The number of aryl methyl sites for hydroxylation is 2. The molecule has 0 unspecified atom stereocenters. The molecule has 3 aromatic carbocycles. The Morgan fingerprint density at radius 2 is 1.76 bits per heavy atom. The van der Waals surface area contributed by atoms with Crippen LogP contribution in [0.5, 0.6) is 0 Å². The number of nitrogens with one attached hydrogen (secondary N) is 1. The van der Waals surface area contributed by atoms with Gasteiger partial charge < -0.3 is 5.32 Å².